The summed E-state index contributed by atoms with van der Waals surface area (Å²) >= 11 is 0. The number of hydrogen-bond acceptors (Lipinski definition) is 3. The number of rotatable bonds is 5. The Bertz CT molecular complexity index is 438. The molecule has 0 spiro atoms. The fourth-order valence-electron chi connectivity index (χ4n) is 1.51. The van der Waals surface area contributed by atoms with E-state index in [1.54, 1.807) is 18.8 Å². The van der Waals surface area contributed by atoms with Gasteiger partial charge in [0.05, 0.1) is 13.7 Å². The second-order valence-electron chi connectivity index (χ2n) is 3.60. The Morgan fingerprint density at radius 1 is 1.41 bits per heavy atom. The van der Waals surface area contributed by atoms with Gasteiger partial charge in [0.2, 0.25) is 0 Å². The molecule has 1 rings (SSSR count). The molecule has 0 saturated carbocycles. The molecular weight excluding hydrogens is 236 g/mol. The molecule has 1 unspecified atom stereocenters. The highest BCUT2D eigenvalue weighted by molar-refractivity contribution is 7.87. The lowest BCUT2D eigenvalue weighted by Crippen LogP contribution is -1.96. The maximum absolute atomic E-state index is 11.1. The molecule has 0 heterocycles. The summed E-state index contributed by atoms with van der Waals surface area (Å²) in [5, 5.41) is 1.72. The molecule has 0 radical (unpaired) electrons. The monoisotopic (exact) mass is 254 g/mol. The Hall–Kier alpha value is -1.29. The lowest BCUT2D eigenvalue weighted by atomic mass is 10.1. The van der Waals surface area contributed by atoms with Crippen molar-refractivity contribution in [2.45, 2.75) is 13.8 Å². The molecular formula is C13H18O3S. The smallest absolute Gasteiger partial charge is 0.161 e. The van der Waals surface area contributed by atoms with Crippen molar-refractivity contribution in [2.24, 2.45) is 0 Å². The maximum Gasteiger partial charge on any atom is 0.161 e. The SMILES string of the molecule is CCOc1cc(C(C)=CS(C)=O)ccc1OC. The Morgan fingerprint density at radius 3 is 2.65 bits per heavy atom. The molecule has 0 aliphatic carbocycles. The fourth-order valence-corrected chi connectivity index (χ4v) is 2.14. The minimum absolute atomic E-state index is 0.586. The second-order valence-corrected chi connectivity index (χ2v) is 4.83. The molecule has 17 heavy (non-hydrogen) atoms. The van der Waals surface area contributed by atoms with Crippen molar-refractivity contribution in [2.75, 3.05) is 20.0 Å². The van der Waals surface area contributed by atoms with Crippen LogP contribution in [0.3, 0.4) is 0 Å². The van der Waals surface area contributed by atoms with Crippen molar-refractivity contribution in [3.63, 3.8) is 0 Å². The van der Waals surface area contributed by atoms with Crippen molar-refractivity contribution in [1.29, 1.82) is 0 Å². The van der Waals surface area contributed by atoms with Crippen LogP contribution < -0.4 is 9.47 Å². The lowest BCUT2D eigenvalue weighted by molar-refractivity contribution is 0.311. The maximum atomic E-state index is 11.1. The van der Waals surface area contributed by atoms with Gasteiger partial charge in [-0.2, -0.15) is 0 Å². The molecule has 0 aliphatic heterocycles. The summed E-state index contributed by atoms with van der Waals surface area (Å²) in [6.07, 6.45) is 1.65. The number of ether oxygens (including phenoxy) is 2. The van der Waals surface area contributed by atoms with Gasteiger partial charge in [0.15, 0.2) is 11.5 Å². The molecule has 1 atom stereocenters. The summed E-state index contributed by atoms with van der Waals surface area (Å²) in [5.74, 6) is 1.42. The van der Waals surface area contributed by atoms with E-state index in [-0.39, 0.29) is 0 Å². The molecule has 0 fully saturated rings. The second kappa shape index (κ2) is 6.45. The molecule has 0 N–H and O–H groups in total. The van der Waals surface area contributed by atoms with Gasteiger partial charge in [-0.1, -0.05) is 6.07 Å². The van der Waals surface area contributed by atoms with Crippen LogP contribution in [0.2, 0.25) is 0 Å². The van der Waals surface area contributed by atoms with E-state index in [0.717, 1.165) is 11.1 Å². The van der Waals surface area contributed by atoms with E-state index < -0.39 is 10.8 Å². The average molecular weight is 254 g/mol. The molecule has 3 nitrogen and oxygen atoms in total. The zero-order valence-corrected chi connectivity index (χ0v) is 11.5. The Balaban J connectivity index is 3.11. The summed E-state index contributed by atoms with van der Waals surface area (Å²) in [6.45, 7) is 4.44. The molecule has 0 bridgehead atoms. The molecule has 0 aliphatic rings. The number of allylic oxidation sites excluding steroid dienone is 1. The van der Waals surface area contributed by atoms with Crippen LogP contribution >= 0.6 is 0 Å². The summed E-state index contributed by atoms with van der Waals surface area (Å²) in [5.41, 5.74) is 1.96. The van der Waals surface area contributed by atoms with E-state index >= 15 is 0 Å². The van der Waals surface area contributed by atoms with Gasteiger partial charge in [0, 0.05) is 22.5 Å². The van der Waals surface area contributed by atoms with Crippen molar-refractivity contribution < 1.29 is 13.7 Å². The van der Waals surface area contributed by atoms with E-state index in [1.807, 2.05) is 32.0 Å². The standard InChI is InChI=1S/C13H18O3S/c1-5-16-13-8-11(6-7-12(13)15-3)10(2)9-17(4)14/h6-9H,5H2,1-4H3. The average Bonchev–Trinajstić information content (AvgIpc) is 2.28. The van der Waals surface area contributed by atoms with Crippen LogP contribution in [0.25, 0.3) is 5.57 Å². The van der Waals surface area contributed by atoms with Crippen LogP contribution in [0.4, 0.5) is 0 Å². The van der Waals surface area contributed by atoms with Crippen molar-refractivity contribution in [3.05, 3.63) is 29.2 Å². The normalized spacial score (nSPS) is 13.3. The first kappa shape index (κ1) is 13.8. The van der Waals surface area contributed by atoms with E-state index in [1.165, 1.54) is 0 Å². The van der Waals surface area contributed by atoms with Crippen LogP contribution in [-0.2, 0) is 10.8 Å². The Kier molecular flexibility index (Phi) is 5.22. The molecule has 4 heteroatoms. The van der Waals surface area contributed by atoms with Crippen molar-refractivity contribution >= 4 is 16.4 Å². The predicted octanol–water partition coefficient (Wildman–Crippen LogP) is 2.83. The third-order valence-electron chi connectivity index (χ3n) is 2.26. The first-order chi connectivity index (χ1) is 8.08. The predicted molar refractivity (Wildman–Crippen MR) is 71.9 cm³/mol. The van der Waals surface area contributed by atoms with E-state index in [0.29, 0.717) is 18.1 Å². The number of benzene rings is 1. The third kappa shape index (κ3) is 3.89. The molecule has 0 aromatic heterocycles. The highest BCUT2D eigenvalue weighted by Crippen LogP contribution is 2.30. The summed E-state index contributed by atoms with van der Waals surface area (Å²) < 4.78 is 21.8. The molecule has 0 saturated heterocycles. The largest absolute Gasteiger partial charge is 0.493 e. The molecule has 0 amide bonds. The number of hydrogen-bond donors (Lipinski definition) is 0. The van der Waals surface area contributed by atoms with Gasteiger partial charge in [-0.15, -0.1) is 0 Å². The van der Waals surface area contributed by atoms with Gasteiger partial charge >= 0.3 is 0 Å². The van der Waals surface area contributed by atoms with E-state index in [2.05, 4.69) is 0 Å². The van der Waals surface area contributed by atoms with Crippen molar-refractivity contribution in [1.82, 2.24) is 0 Å². The van der Waals surface area contributed by atoms with Gasteiger partial charge < -0.3 is 9.47 Å². The third-order valence-corrected chi connectivity index (χ3v) is 2.95. The molecule has 94 valence electrons. The highest BCUT2D eigenvalue weighted by atomic mass is 32.2. The Labute approximate surface area is 105 Å². The topological polar surface area (TPSA) is 35.5 Å². The first-order valence-corrected chi connectivity index (χ1v) is 7.02. The lowest BCUT2D eigenvalue weighted by Gasteiger charge is -2.11. The van der Waals surface area contributed by atoms with E-state index in [4.69, 9.17) is 9.47 Å². The van der Waals surface area contributed by atoms with Crippen LogP contribution in [0.15, 0.2) is 23.6 Å². The zero-order chi connectivity index (χ0) is 12.8. The van der Waals surface area contributed by atoms with Crippen molar-refractivity contribution in [3.8, 4) is 11.5 Å². The number of methoxy groups -OCH3 is 1. The van der Waals surface area contributed by atoms with Crippen LogP contribution in [0, 0.1) is 0 Å². The molecule has 1 aromatic carbocycles. The van der Waals surface area contributed by atoms with Gasteiger partial charge in [-0.25, -0.2) is 0 Å². The minimum atomic E-state index is -0.948. The van der Waals surface area contributed by atoms with E-state index in [9.17, 15) is 4.21 Å². The summed E-state index contributed by atoms with van der Waals surface area (Å²) in [6, 6.07) is 5.69. The van der Waals surface area contributed by atoms with Crippen LogP contribution in [-0.4, -0.2) is 24.2 Å². The summed E-state index contributed by atoms with van der Waals surface area (Å²) in [4.78, 5) is 0. The van der Waals surface area contributed by atoms with Gasteiger partial charge in [-0.05, 0) is 37.1 Å². The minimum Gasteiger partial charge on any atom is -0.493 e. The van der Waals surface area contributed by atoms with Crippen LogP contribution in [0.5, 0.6) is 11.5 Å². The summed E-state index contributed by atoms with van der Waals surface area (Å²) in [7, 11) is 0.665. The zero-order valence-electron chi connectivity index (χ0n) is 10.6. The Morgan fingerprint density at radius 2 is 2.12 bits per heavy atom. The van der Waals surface area contributed by atoms with Gasteiger partial charge in [0.25, 0.3) is 0 Å². The van der Waals surface area contributed by atoms with Crippen LogP contribution in [0.1, 0.15) is 19.4 Å². The van der Waals surface area contributed by atoms with Gasteiger partial charge in [-0.3, -0.25) is 4.21 Å². The highest BCUT2D eigenvalue weighted by Gasteiger charge is 2.06. The fraction of sp³-hybridized carbons (Fsp3) is 0.385. The molecule has 1 aromatic rings. The van der Waals surface area contributed by atoms with Gasteiger partial charge in [0.1, 0.15) is 0 Å². The first-order valence-electron chi connectivity index (χ1n) is 5.40. The quantitative estimate of drug-likeness (QED) is 0.810.